The number of carboxylic acids is 1. The lowest BCUT2D eigenvalue weighted by Gasteiger charge is -2.37. The van der Waals surface area contributed by atoms with Gasteiger partial charge in [-0.05, 0) is 54.3 Å². The van der Waals surface area contributed by atoms with Gasteiger partial charge in [0.15, 0.2) is 0 Å². The van der Waals surface area contributed by atoms with E-state index in [9.17, 15) is 14.7 Å². The highest BCUT2D eigenvalue weighted by Gasteiger charge is 2.37. The lowest BCUT2D eigenvalue weighted by Crippen LogP contribution is -2.48. The molecule has 2 aliphatic rings. The molecule has 1 aliphatic heterocycles. The first kappa shape index (κ1) is 17.9. The van der Waals surface area contributed by atoms with Crippen LogP contribution in [0.5, 0.6) is 0 Å². The van der Waals surface area contributed by atoms with Crippen LogP contribution in [0.15, 0.2) is 48.6 Å². The zero-order valence-corrected chi connectivity index (χ0v) is 15.6. The third-order valence-electron chi connectivity index (χ3n) is 5.05. The fourth-order valence-electron chi connectivity index (χ4n) is 3.78. The van der Waals surface area contributed by atoms with Gasteiger partial charge in [-0.25, -0.2) is 0 Å². The lowest BCUT2D eigenvalue weighted by atomic mass is 9.79. The Balaban J connectivity index is 1.62. The maximum absolute atomic E-state index is 12.5. The van der Waals surface area contributed by atoms with E-state index in [0.717, 1.165) is 11.3 Å². The van der Waals surface area contributed by atoms with Gasteiger partial charge in [-0.2, -0.15) is 0 Å². The molecule has 1 amide bonds. The summed E-state index contributed by atoms with van der Waals surface area (Å²) in [5.41, 5.74) is 2.62. The van der Waals surface area contributed by atoms with Crippen LogP contribution in [0, 0.1) is 5.92 Å². The van der Waals surface area contributed by atoms with Gasteiger partial charge in [0, 0.05) is 22.3 Å². The molecule has 0 bridgehead atoms. The Hall–Kier alpha value is -2.50. The largest absolute Gasteiger partial charge is 0.548 e. The number of halogens is 2. The fourth-order valence-corrected chi connectivity index (χ4v) is 4.27. The molecule has 0 unspecified atom stereocenters. The van der Waals surface area contributed by atoms with Crippen molar-refractivity contribution in [3.8, 4) is 0 Å². The molecule has 1 aliphatic carbocycles. The van der Waals surface area contributed by atoms with Gasteiger partial charge in [0.05, 0.1) is 22.6 Å². The van der Waals surface area contributed by atoms with E-state index < -0.39 is 12.0 Å². The number of hydrogen-bond donors (Lipinski definition) is 2. The van der Waals surface area contributed by atoms with Crippen LogP contribution in [0.3, 0.4) is 0 Å². The molecule has 3 atom stereocenters. The maximum atomic E-state index is 12.5. The van der Waals surface area contributed by atoms with Crippen molar-refractivity contribution in [1.29, 1.82) is 0 Å². The van der Waals surface area contributed by atoms with Crippen molar-refractivity contribution in [2.24, 2.45) is 5.92 Å². The smallest absolute Gasteiger partial charge is 0.257 e. The molecule has 0 spiro atoms. The van der Waals surface area contributed by atoms with Crippen LogP contribution in [0.1, 0.15) is 28.3 Å². The lowest BCUT2D eigenvalue weighted by molar-refractivity contribution is -0.308. The van der Waals surface area contributed by atoms with Crippen molar-refractivity contribution in [2.75, 3.05) is 10.6 Å². The summed E-state index contributed by atoms with van der Waals surface area (Å²) in [6.07, 6.45) is 4.68. The minimum Gasteiger partial charge on any atom is -0.548 e. The van der Waals surface area contributed by atoms with Crippen LogP contribution in [0.2, 0.25) is 10.0 Å². The van der Waals surface area contributed by atoms with Crippen LogP contribution in [0.25, 0.3) is 0 Å². The first-order valence-corrected chi connectivity index (χ1v) is 9.24. The Labute approximate surface area is 166 Å². The average molecular weight is 402 g/mol. The third-order valence-corrected chi connectivity index (χ3v) is 5.60. The van der Waals surface area contributed by atoms with Crippen molar-refractivity contribution in [3.05, 3.63) is 69.7 Å². The van der Waals surface area contributed by atoms with Crippen molar-refractivity contribution in [1.82, 2.24) is 0 Å². The quantitative estimate of drug-likeness (QED) is 0.771. The number of aliphatic carboxylic acids is 1. The minimum atomic E-state index is -1.10. The van der Waals surface area contributed by atoms with Gasteiger partial charge in [0.25, 0.3) is 5.91 Å². The van der Waals surface area contributed by atoms with Crippen molar-refractivity contribution >= 4 is 46.5 Å². The van der Waals surface area contributed by atoms with Gasteiger partial charge < -0.3 is 20.5 Å². The number of hydrogen-bond acceptors (Lipinski definition) is 4. The summed E-state index contributed by atoms with van der Waals surface area (Å²) in [6.45, 7) is 0. The Morgan fingerprint density at radius 2 is 1.96 bits per heavy atom. The van der Waals surface area contributed by atoms with Crippen molar-refractivity contribution in [3.63, 3.8) is 0 Å². The fraction of sp³-hybridized carbons (Fsp3) is 0.200. The molecule has 27 heavy (non-hydrogen) atoms. The first-order chi connectivity index (χ1) is 12.9. The Morgan fingerprint density at radius 1 is 1.15 bits per heavy atom. The predicted molar refractivity (Wildman–Crippen MR) is 103 cm³/mol. The van der Waals surface area contributed by atoms with Gasteiger partial charge in [-0.1, -0.05) is 35.4 Å². The van der Waals surface area contributed by atoms with Crippen molar-refractivity contribution < 1.29 is 14.7 Å². The van der Waals surface area contributed by atoms with E-state index in [1.165, 1.54) is 6.07 Å². The third kappa shape index (κ3) is 3.29. The van der Waals surface area contributed by atoms with Gasteiger partial charge in [0.1, 0.15) is 0 Å². The predicted octanol–water partition coefficient (Wildman–Crippen LogP) is 3.45. The molecule has 0 aromatic heterocycles. The number of benzene rings is 2. The summed E-state index contributed by atoms with van der Waals surface area (Å²) in [5.74, 6) is -1.57. The number of rotatable bonds is 3. The summed E-state index contributed by atoms with van der Waals surface area (Å²) < 4.78 is 0. The number of nitrogens with one attached hydrogen (secondary N) is 2. The van der Waals surface area contributed by atoms with Gasteiger partial charge in [-0.3, -0.25) is 4.79 Å². The minimum absolute atomic E-state index is 0.0277. The molecule has 0 radical (unpaired) electrons. The molecule has 7 heteroatoms. The monoisotopic (exact) mass is 401 g/mol. The number of amides is 1. The van der Waals surface area contributed by atoms with E-state index >= 15 is 0 Å². The number of fused-ring (bicyclic) bond motifs is 3. The van der Waals surface area contributed by atoms with Gasteiger partial charge in [0.2, 0.25) is 0 Å². The molecule has 0 fully saturated rings. The number of anilines is 2. The maximum Gasteiger partial charge on any atom is 0.257 e. The van der Waals surface area contributed by atoms with E-state index in [1.54, 1.807) is 24.3 Å². The summed E-state index contributed by atoms with van der Waals surface area (Å²) in [5, 5.41) is 18.1. The van der Waals surface area contributed by atoms with Gasteiger partial charge in [-0.15, -0.1) is 0 Å². The van der Waals surface area contributed by atoms with Crippen LogP contribution in [-0.2, 0) is 4.79 Å². The number of carbonyl (C=O) groups is 2. The van der Waals surface area contributed by atoms with E-state index in [2.05, 4.69) is 10.6 Å². The molecular weight excluding hydrogens is 387 g/mol. The zero-order valence-electron chi connectivity index (χ0n) is 14.0. The molecule has 4 rings (SSSR count). The summed E-state index contributed by atoms with van der Waals surface area (Å²) in [7, 11) is 0. The Kier molecular flexibility index (Phi) is 4.58. The molecule has 2 aromatic carbocycles. The van der Waals surface area contributed by atoms with Crippen molar-refractivity contribution in [2.45, 2.75) is 18.4 Å². The molecule has 2 aromatic rings. The standard InChI is InChI=1S/C20H16Cl2N2O3/c21-10-4-6-14(16(22)8-10)19(25)23-11-5-7-17-15(9-11)12-2-1-3-13(12)18(24-17)20(26)27/h1-2,4-9,12-13,18,24H,3H2,(H,23,25)(H,26,27)/p-1/t12-,13+,18-/m1/s1. The second kappa shape index (κ2) is 6.91. The van der Waals surface area contributed by atoms with E-state index in [0.29, 0.717) is 22.7 Å². The molecule has 1 heterocycles. The molecule has 138 valence electrons. The van der Waals surface area contributed by atoms with E-state index in [1.807, 2.05) is 18.2 Å². The Morgan fingerprint density at radius 3 is 2.70 bits per heavy atom. The Bertz CT molecular complexity index is 974. The highest BCUT2D eigenvalue weighted by molar-refractivity contribution is 6.37. The summed E-state index contributed by atoms with van der Waals surface area (Å²) >= 11 is 12.0. The highest BCUT2D eigenvalue weighted by atomic mass is 35.5. The second-order valence-corrected chi connectivity index (χ2v) is 7.52. The van der Waals surface area contributed by atoms with Gasteiger partial charge >= 0.3 is 0 Å². The van der Waals surface area contributed by atoms with E-state index in [-0.39, 0.29) is 22.8 Å². The molecule has 2 N–H and O–H groups in total. The summed E-state index contributed by atoms with van der Waals surface area (Å²) in [4.78, 5) is 24.0. The second-order valence-electron chi connectivity index (χ2n) is 6.67. The molecular formula is C20H15Cl2N2O3-. The highest BCUT2D eigenvalue weighted by Crippen LogP contribution is 2.45. The average Bonchev–Trinajstić information content (AvgIpc) is 3.10. The summed E-state index contributed by atoms with van der Waals surface area (Å²) in [6, 6.07) is 9.32. The van der Waals surface area contributed by atoms with Crippen LogP contribution in [-0.4, -0.2) is 17.9 Å². The normalized spacial score (nSPS) is 22.5. The van der Waals surface area contributed by atoms with Crippen LogP contribution < -0.4 is 15.7 Å². The SMILES string of the molecule is O=C(Nc1ccc2c(c1)[C@@H]1C=CC[C@@H]1[C@H](C(=O)[O-])N2)c1ccc(Cl)cc1Cl. The van der Waals surface area contributed by atoms with Crippen LogP contribution >= 0.6 is 23.2 Å². The number of allylic oxidation sites excluding steroid dienone is 2. The zero-order chi connectivity index (χ0) is 19.1. The first-order valence-electron chi connectivity index (χ1n) is 8.48. The molecule has 5 nitrogen and oxygen atoms in total. The van der Waals surface area contributed by atoms with E-state index in [4.69, 9.17) is 23.2 Å². The molecule has 0 saturated carbocycles. The topological polar surface area (TPSA) is 81.3 Å². The van der Waals surface area contributed by atoms with Crippen LogP contribution in [0.4, 0.5) is 11.4 Å². The molecule has 0 saturated heterocycles. The number of carbonyl (C=O) groups excluding carboxylic acids is 2. The number of carboxylic acid groups (broad SMARTS) is 1.